The molecule has 0 bridgehead atoms. The van der Waals surface area contributed by atoms with E-state index in [1.807, 2.05) is 37.3 Å². The summed E-state index contributed by atoms with van der Waals surface area (Å²) in [6, 6.07) is 14.8. The average molecular weight is 422 g/mol. The minimum atomic E-state index is -0.733. The molecule has 7 nitrogen and oxygen atoms in total. The minimum Gasteiger partial charge on any atom is -0.383 e. The lowest BCUT2D eigenvalue weighted by atomic mass is 10.2. The lowest BCUT2D eigenvalue weighted by molar-refractivity contribution is -0.114. The molecule has 1 aromatic heterocycles. The van der Waals surface area contributed by atoms with Crippen molar-refractivity contribution in [2.24, 2.45) is 0 Å². The predicted octanol–water partition coefficient (Wildman–Crippen LogP) is 2.76. The number of aromatic nitrogens is 2. The highest BCUT2D eigenvalue weighted by molar-refractivity contribution is 6.05. The van der Waals surface area contributed by atoms with E-state index >= 15 is 0 Å². The van der Waals surface area contributed by atoms with Crippen LogP contribution in [-0.4, -0.2) is 22.0 Å². The van der Waals surface area contributed by atoms with Crippen LogP contribution in [-0.2, 0) is 11.3 Å². The molecule has 8 heteroatoms. The number of nitrogens with one attached hydrogen (secondary N) is 1. The number of benzene rings is 2. The standard InChI is InChI=1S/C23H23FN4O3/c1-2-14-27(19(29)13-10-16-8-11-18(24)12-9-16)20-21(25)28(23(31)26-22(20)30)15-17-6-4-3-5-7-17/h3-13H,2,14-15,25H2,1H3,(H,26,30,31)/b13-10-. The maximum Gasteiger partial charge on any atom is 0.330 e. The van der Waals surface area contributed by atoms with E-state index in [9.17, 15) is 18.8 Å². The first-order valence-corrected chi connectivity index (χ1v) is 9.82. The molecule has 0 aliphatic heterocycles. The molecule has 160 valence electrons. The predicted molar refractivity (Wildman–Crippen MR) is 119 cm³/mol. The first kappa shape index (κ1) is 21.8. The van der Waals surface area contributed by atoms with Crippen LogP contribution in [0.25, 0.3) is 6.08 Å². The number of nitrogens with zero attached hydrogens (tertiary/aromatic N) is 2. The van der Waals surface area contributed by atoms with Gasteiger partial charge in [-0.3, -0.25) is 19.1 Å². The van der Waals surface area contributed by atoms with Gasteiger partial charge < -0.3 is 10.6 Å². The van der Waals surface area contributed by atoms with Gasteiger partial charge in [-0.15, -0.1) is 0 Å². The van der Waals surface area contributed by atoms with Crippen molar-refractivity contribution in [1.82, 2.24) is 9.55 Å². The van der Waals surface area contributed by atoms with Crippen LogP contribution in [0.2, 0.25) is 0 Å². The summed E-state index contributed by atoms with van der Waals surface area (Å²) in [5.74, 6) is -0.945. The Morgan fingerprint density at radius 2 is 1.81 bits per heavy atom. The first-order valence-electron chi connectivity index (χ1n) is 9.82. The number of aromatic amines is 1. The van der Waals surface area contributed by atoms with Crippen LogP contribution in [0.4, 0.5) is 15.9 Å². The van der Waals surface area contributed by atoms with Crippen molar-refractivity contribution in [3.8, 4) is 0 Å². The average Bonchev–Trinajstić information content (AvgIpc) is 2.76. The molecule has 0 spiro atoms. The molecule has 3 aromatic rings. The highest BCUT2D eigenvalue weighted by Crippen LogP contribution is 2.19. The van der Waals surface area contributed by atoms with Crippen molar-refractivity contribution in [2.45, 2.75) is 19.9 Å². The van der Waals surface area contributed by atoms with Gasteiger partial charge in [-0.2, -0.15) is 0 Å². The van der Waals surface area contributed by atoms with Crippen LogP contribution in [0.5, 0.6) is 0 Å². The molecule has 1 amide bonds. The molecule has 1 heterocycles. The third-order valence-corrected chi connectivity index (χ3v) is 4.67. The van der Waals surface area contributed by atoms with Gasteiger partial charge in [-0.1, -0.05) is 49.4 Å². The second kappa shape index (κ2) is 9.71. The summed E-state index contributed by atoms with van der Waals surface area (Å²) in [4.78, 5) is 41.4. The molecule has 3 rings (SSSR count). The number of H-pyrrole nitrogens is 1. The Kier molecular flexibility index (Phi) is 6.81. The first-order chi connectivity index (χ1) is 14.9. The molecule has 0 aliphatic rings. The fourth-order valence-electron chi connectivity index (χ4n) is 3.15. The Labute approximate surface area is 178 Å². The summed E-state index contributed by atoms with van der Waals surface area (Å²) < 4.78 is 14.3. The molecule has 31 heavy (non-hydrogen) atoms. The van der Waals surface area contributed by atoms with Crippen LogP contribution in [0, 0.1) is 5.82 Å². The number of amides is 1. The maximum atomic E-state index is 13.1. The molecule has 0 saturated carbocycles. The number of carbonyl (C=O) groups excluding carboxylic acids is 1. The zero-order valence-electron chi connectivity index (χ0n) is 17.0. The second-order valence-corrected chi connectivity index (χ2v) is 6.94. The molecule has 0 unspecified atom stereocenters. The summed E-state index contributed by atoms with van der Waals surface area (Å²) in [6.45, 7) is 2.23. The largest absolute Gasteiger partial charge is 0.383 e. The summed E-state index contributed by atoms with van der Waals surface area (Å²) in [5.41, 5.74) is 6.19. The maximum absolute atomic E-state index is 13.1. The molecule has 0 radical (unpaired) electrons. The highest BCUT2D eigenvalue weighted by atomic mass is 19.1. The van der Waals surface area contributed by atoms with Crippen LogP contribution in [0.15, 0.2) is 70.3 Å². The van der Waals surface area contributed by atoms with Gasteiger partial charge in [0.1, 0.15) is 11.6 Å². The van der Waals surface area contributed by atoms with Gasteiger partial charge in [0, 0.05) is 12.6 Å². The van der Waals surface area contributed by atoms with Crippen LogP contribution in [0.1, 0.15) is 24.5 Å². The van der Waals surface area contributed by atoms with E-state index in [0.29, 0.717) is 12.0 Å². The van der Waals surface area contributed by atoms with Gasteiger partial charge in [-0.25, -0.2) is 9.18 Å². The van der Waals surface area contributed by atoms with Crippen molar-refractivity contribution in [1.29, 1.82) is 0 Å². The van der Waals surface area contributed by atoms with Crippen molar-refractivity contribution in [3.63, 3.8) is 0 Å². The fourth-order valence-corrected chi connectivity index (χ4v) is 3.15. The van der Waals surface area contributed by atoms with Gasteiger partial charge in [0.15, 0.2) is 5.69 Å². The zero-order valence-corrected chi connectivity index (χ0v) is 17.0. The number of rotatable bonds is 7. The Morgan fingerprint density at radius 3 is 2.45 bits per heavy atom. The Morgan fingerprint density at radius 1 is 1.13 bits per heavy atom. The minimum absolute atomic E-state index is 0.0777. The lowest BCUT2D eigenvalue weighted by Crippen LogP contribution is -2.41. The molecule has 0 atom stereocenters. The third-order valence-electron chi connectivity index (χ3n) is 4.67. The molecule has 0 fully saturated rings. The van der Waals surface area contributed by atoms with Gasteiger partial charge in [0.25, 0.3) is 11.5 Å². The fraction of sp³-hybridized carbons (Fsp3) is 0.174. The number of nitrogens with two attached hydrogens (primary N) is 1. The molecule has 0 aliphatic carbocycles. The smallest absolute Gasteiger partial charge is 0.330 e. The third kappa shape index (κ3) is 5.16. The van der Waals surface area contributed by atoms with Crippen molar-refractivity contribution >= 4 is 23.5 Å². The summed E-state index contributed by atoms with van der Waals surface area (Å²) in [6.07, 6.45) is 3.37. The number of hydrogen-bond acceptors (Lipinski definition) is 4. The van der Waals surface area contributed by atoms with E-state index in [-0.39, 0.29) is 30.4 Å². The zero-order chi connectivity index (χ0) is 22.4. The van der Waals surface area contributed by atoms with Crippen molar-refractivity contribution in [3.05, 3.63) is 98.5 Å². The molecular formula is C23H23FN4O3. The summed E-state index contributed by atoms with van der Waals surface area (Å²) in [5, 5.41) is 0. The van der Waals surface area contributed by atoms with E-state index in [4.69, 9.17) is 5.73 Å². The molecular weight excluding hydrogens is 399 g/mol. The quantitative estimate of drug-likeness (QED) is 0.572. The normalized spacial score (nSPS) is 11.0. The van der Waals surface area contributed by atoms with Crippen molar-refractivity contribution < 1.29 is 9.18 Å². The monoisotopic (exact) mass is 422 g/mol. The van der Waals surface area contributed by atoms with E-state index in [1.54, 1.807) is 0 Å². The van der Waals surface area contributed by atoms with E-state index in [1.165, 1.54) is 45.9 Å². The second-order valence-electron chi connectivity index (χ2n) is 6.94. The van der Waals surface area contributed by atoms with Crippen LogP contribution in [0.3, 0.4) is 0 Å². The summed E-state index contributed by atoms with van der Waals surface area (Å²) >= 11 is 0. The van der Waals surface area contributed by atoms with Crippen LogP contribution >= 0.6 is 0 Å². The molecule has 0 saturated heterocycles. The molecule has 2 aromatic carbocycles. The Hall–Kier alpha value is -3.94. The van der Waals surface area contributed by atoms with Gasteiger partial charge in [0.05, 0.1) is 6.54 Å². The van der Waals surface area contributed by atoms with E-state index < -0.39 is 17.2 Å². The topological polar surface area (TPSA) is 101 Å². The number of hydrogen-bond donors (Lipinski definition) is 2. The van der Waals surface area contributed by atoms with Crippen LogP contribution < -0.4 is 21.9 Å². The van der Waals surface area contributed by atoms with Crippen molar-refractivity contribution in [2.75, 3.05) is 17.2 Å². The molecule has 3 N–H and O–H groups in total. The van der Waals surface area contributed by atoms with Gasteiger partial charge in [0.2, 0.25) is 0 Å². The van der Waals surface area contributed by atoms with Gasteiger partial charge >= 0.3 is 5.69 Å². The number of nitrogen functional groups attached to an aromatic ring is 1. The lowest BCUT2D eigenvalue weighted by Gasteiger charge is -2.23. The number of anilines is 2. The number of carbonyl (C=O) groups is 1. The van der Waals surface area contributed by atoms with E-state index in [2.05, 4.69) is 4.98 Å². The Bertz CT molecular complexity index is 1200. The summed E-state index contributed by atoms with van der Waals surface area (Å²) in [7, 11) is 0. The SMILES string of the molecule is CCCN(C(=O)/C=C\c1ccc(F)cc1)c1c(N)n(Cc2ccccc2)c(=O)[nH]c1=O. The number of halogens is 1. The highest BCUT2D eigenvalue weighted by Gasteiger charge is 2.22. The Balaban J connectivity index is 1.99. The van der Waals surface area contributed by atoms with E-state index in [0.717, 1.165) is 5.56 Å². The van der Waals surface area contributed by atoms with Gasteiger partial charge in [-0.05, 0) is 35.8 Å².